The second-order valence-corrected chi connectivity index (χ2v) is 8.88. The minimum absolute atomic E-state index is 0.0415. The second kappa shape index (κ2) is 9.78. The summed E-state index contributed by atoms with van der Waals surface area (Å²) in [5.41, 5.74) is 3.30. The third kappa shape index (κ3) is 4.51. The highest BCUT2D eigenvalue weighted by Crippen LogP contribution is 2.42. The monoisotopic (exact) mass is 495 g/mol. The maximum absolute atomic E-state index is 13.7. The largest absolute Gasteiger partial charge is 0.503 e. The smallest absolute Gasteiger partial charge is 0.310 e. The summed E-state index contributed by atoms with van der Waals surface area (Å²) in [6, 6.07) is 22.3. The van der Waals surface area contributed by atoms with Gasteiger partial charge in [0.2, 0.25) is 5.78 Å². The first kappa shape index (κ1) is 24.1. The summed E-state index contributed by atoms with van der Waals surface area (Å²) in [7, 11) is 0. The Balaban J connectivity index is 1.56. The van der Waals surface area contributed by atoms with Crippen molar-refractivity contribution in [3.63, 3.8) is 0 Å². The number of esters is 1. The predicted molar refractivity (Wildman–Crippen MR) is 138 cm³/mol. The molecule has 0 spiro atoms. The molecule has 0 bridgehead atoms. The Hall–Kier alpha value is -4.65. The van der Waals surface area contributed by atoms with Gasteiger partial charge in [-0.3, -0.25) is 19.3 Å². The van der Waals surface area contributed by atoms with Gasteiger partial charge in [-0.15, -0.1) is 0 Å². The summed E-state index contributed by atoms with van der Waals surface area (Å²) in [6.07, 6.45) is 0.0999. The van der Waals surface area contributed by atoms with Gasteiger partial charge in [0.25, 0.3) is 5.91 Å². The molecule has 0 saturated carbocycles. The number of para-hydroxylation sites is 1. The van der Waals surface area contributed by atoms with Gasteiger partial charge in [-0.25, -0.2) is 0 Å². The zero-order valence-corrected chi connectivity index (χ0v) is 20.4. The molecule has 2 heterocycles. The maximum Gasteiger partial charge on any atom is 0.310 e. The number of Topliss-reactive ketones (excluding diaryl/α,β-unsaturated/α-hetero) is 1. The number of rotatable bonds is 7. The van der Waals surface area contributed by atoms with Crippen molar-refractivity contribution in [2.75, 3.05) is 11.5 Å². The normalized spacial score (nSPS) is 15.5. The fourth-order valence-corrected chi connectivity index (χ4v) is 4.64. The highest BCUT2D eigenvalue weighted by molar-refractivity contribution is 6.20. The third-order valence-corrected chi connectivity index (χ3v) is 6.33. The molecule has 186 valence electrons. The lowest BCUT2D eigenvalue weighted by atomic mass is 9.93. The molecule has 37 heavy (non-hydrogen) atoms. The van der Waals surface area contributed by atoms with E-state index in [0.717, 1.165) is 16.5 Å². The molecule has 3 aromatic carbocycles. The standard InChI is InChI=1S/C30H25NO6/c1-3-36-25(32)16-19-11-13-22(14-12-19)31-27(21-9-6-7-18(2)15-21)26(29(34)30(31)35)28(33)24-17-20-8-4-5-10-23(20)37-24/h4-15,17,27,34H,3,16H2,1-2H3. The number of amides is 1. The lowest BCUT2D eigenvalue weighted by molar-refractivity contribution is -0.142. The molecule has 1 unspecified atom stereocenters. The van der Waals surface area contributed by atoms with Crippen LogP contribution in [0.15, 0.2) is 94.6 Å². The van der Waals surface area contributed by atoms with Crippen LogP contribution in [0.1, 0.15) is 40.2 Å². The van der Waals surface area contributed by atoms with E-state index in [1.165, 1.54) is 4.90 Å². The molecular formula is C30H25NO6. The number of aryl methyl sites for hydroxylation is 1. The Morgan fingerprint density at radius 3 is 2.46 bits per heavy atom. The van der Waals surface area contributed by atoms with Crippen molar-refractivity contribution in [2.45, 2.75) is 26.3 Å². The number of aliphatic hydroxyl groups excluding tert-OH is 1. The minimum atomic E-state index is -0.871. The van der Waals surface area contributed by atoms with E-state index in [0.29, 0.717) is 23.4 Å². The van der Waals surface area contributed by atoms with Gasteiger partial charge in [-0.05, 0) is 49.2 Å². The summed E-state index contributed by atoms with van der Waals surface area (Å²) in [5, 5.41) is 11.7. The number of anilines is 1. The lowest BCUT2D eigenvalue weighted by Gasteiger charge is -2.27. The van der Waals surface area contributed by atoms with Gasteiger partial charge in [0.15, 0.2) is 11.5 Å². The number of benzene rings is 3. The molecule has 7 heteroatoms. The van der Waals surface area contributed by atoms with E-state index in [4.69, 9.17) is 9.15 Å². The van der Waals surface area contributed by atoms with Crippen molar-refractivity contribution in [1.82, 2.24) is 0 Å². The van der Waals surface area contributed by atoms with Gasteiger partial charge in [-0.2, -0.15) is 0 Å². The van der Waals surface area contributed by atoms with Crippen LogP contribution in [0, 0.1) is 6.92 Å². The van der Waals surface area contributed by atoms with Crippen molar-refractivity contribution >= 4 is 34.3 Å². The van der Waals surface area contributed by atoms with Gasteiger partial charge in [0.05, 0.1) is 24.6 Å². The van der Waals surface area contributed by atoms with Gasteiger partial charge < -0.3 is 14.3 Å². The molecule has 0 aliphatic carbocycles. The number of aliphatic hydroxyl groups is 1. The molecule has 1 amide bonds. The number of fused-ring (bicyclic) bond motifs is 1. The van der Waals surface area contributed by atoms with E-state index in [2.05, 4.69) is 0 Å². The van der Waals surface area contributed by atoms with Gasteiger partial charge in [-0.1, -0.05) is 60.2 Å². The lowest BCUT2D eigenvalue weighted by Crippen LogP contribution is -2.31. The molecule has 7 nitrogen and oxygen atoms in total. The van der Waals surface area contributed by atoms with Crippen LogP contribution in [-0.2, 0) is 20.7 Å². The molecule has 5 rings (SSSR count). The summed E-state index contributed by atoms with van der Waals surface area (Å²) in [6.45, 7) is 3.96. The van der Waals surface area contributed by atoms with Crippen molar-refractivity contribution in [3.8, 4) is 0 Å². The molecule has 1 aliphatic heterocycles. The minimum Gasteiger partial charge on any atom is -0.503 e. The first-order valence-electron chi connectivity index (χ1n) is 12.0. The molecule has 0 fully saturated rings. The van der Waals surface area contributed by atoms with Crippen LogP contribution in [-0.4, -0.2) is 29.4 Å². The molecular weight excluding hydrogens is 470 g/mol. The first-order valence-corrected chi connectivity index (χ1v) is 12.0. The summed E-state index contributed by atoms with van der Waals surface area (Å²) in [5.74, 6) is -2.17. The number of ether oxygens (including phenoxy) is 1. The maximum atomic E-state index is 13.7. The Bertz CT molecular complexity index is 1510. The highest BCUT2D eigenvalue weighted by Gasteiger charge is 2.45. The average molecular weight is 496 g/mol. The van der Waals surface area contributed by atoms with E-state index < -0.39 is 23.5 Å². The number of hydrogen-bond acceptors (Lipinski definition) is 6. The second-order valence-electron chi connectivity index (χ2n) is 8.88. The van der Waals surface area contributed by atoms with Gasteiger partial charge in [0, 0.05) is 11.1 Å². The quantitative estimate of drug-likeness (QED) is 0.264. The van der Waals surface area contributed by atoms with Crippen LogP contribution >= 0.6 is 0 Å². The summed E-state index contributed by atoms with van der Waals surface area (Å²) in [4.78, 5) is 40.4. The first-order chi connectivity index (χ1) is 17.9. The number of carbonyl (C=O) groups is 3. The van der Waals surface area contributed by atoms with Crippen LogP contribution in [0.4, 0.5) is 5.69 Å². The van der Waals surface area contributed by atoms with Crippen molar-refractivity contribution in [2.24, 2.45) is 0 Å². The highest BCUT2D eigenvalue weighted by atomic mass is 16.5. The molecule has 1 aromatic heterocycles. The summed E-state index contributed by atoms with van der Waals surface area (Å²) < 4.78 is 10.8. The molecule has 1 N–H and O–H groups in total. The van der Waals surface area contributed by atoms with E-state index in [1.807, 2.05) is 43.3 Å². The zero-order chi connectivity index (χ0) is 26.1. The number of carbonyl (C=O) groups excluding carboxylic acids is 3. The van der Waals surface area contributed by atoms with Crippen molar-refractivity contribution in [1.29, 1.82) is 0 Å². The third-order valence-electron chi connectivity index (χ3n) is 6.33. The molecule has 4 aromatic rings. The van der Waals surface area contributed by atoms with Crippen LogP contribution in [0.3, 0.4) is 0 Å². The van der Waals surface area contributed by atoms with Gasteiger partial charge >= 0.3 is 5.97 Å². The number of furan rings is 1. The molecule has 0 radical (unpaired) electrons. The van der Waals surface area contributed by atoms with Crippen molar-refractivity contribution in [3.05, 3.63) is 113 Å². The Morgan fingerprint density at radius 2 is 1.76 bits per heavy atom. The van der Waals surface area contributed by atoms with Crippen molar-refractivity contribution < 1.29 is 28.6 Å². The fourth-order valence-electron chi connectivity index (χ4n) is 4.64. The topological polar surface area (TPSA) is 97.0 Å². The number of hydrogen-bond donors (Lipinski definition) is 1. The Labute approximate surface area is 213 Å². The molecule has 1 aliphatic rings. The van der Waals surface area contributed by atoms with Crippen LogP contribution < -0.4 is 4.90 Å². The summed E-state index contributed by atoms with van der Waals surface area (Å²) >= 11 is 0. The Kier molecular flexibility index (Phi) is 6.36. The Morgan fingerprint density at radius 1 is 1.00 bits per heavy atom. The van der Waals surface area contributed by atoms with E-state index in [-0.39, 0.29) is 23.7 Å². The number of ketones is 1. The van der Waals surface area contributed by atoms with Crippen LogP contribution in [0.5, 0.6) is 0 Å². The molecule has 1 atom stereocenters. The van der Waals surface area contributed by atoms with E-state index in [9.17, 15) is 19.5 Å². The van der Waals surface area contributed by atoms with Crippen LogP contribution in [0.25, 0.3) is 11.0 Å². The zero-order valence-electron chi connectivity index (χ0n) is 20.4. The van der Waals surface area contributed by atoms with Gasteiger partial charge in [0.1, 0.15) is 5.58 Å². The molecule has 0 saturated heterocycles. The van der Waals surface area contributed by atoms with E-state index in [1.54, 1.807) is 49.4 Å². The van der Waals surface area contributed by atoms with Crippen LogP contribution in [0.2, 0.25) is 0 Å². The predicted octanol–water partition coefficient (Wildman–Crippen LogP) is 5.63. The average Bonchev–Trinajstić information content (AvgIpc) is 3.43. The fraction of sp³-hybridized carbons (Fsp3) is 0.167. The SMILES string of the molecule is CCOC(=O)Cc1ccc(N2C(=O)C(O)=C(C(=O)c3cc4ccccc4o3)C2c2cccc(C)c2)cc1. The van der Waals surface area contributed by atoms with E-state index >= 15 is 0 Å². The number of nitrogens with zero attached hydrogens (tertiary/aromatic N) is 1.